The number of amides is 3. The molecule has 9 heteroatoms. The Balaban J connectivity index is 1.62. The number of hydrogen-bond acceptors (Lipinski definition) is 5. The zero-order valence-corrected chi connectivity index (χ0v) is 17.4. The molecular weight excluding hydrogens is 419 g/mol. The summed E-state index contributed by atoms with van der Waals surface area (Å²) in [6, 6.07) is 9.05. The van der Waals surface area contributed by atoms with E-state index in [0.29, 0.717) is 28.4 Å². The molecular formula is C22H19FN4O3S. The second-order valence-electron chi connectivity index (χ2n) is 7.11. The lowest BCUT2D eigenvalue weighted by molar-refractivity contribution is -0.111. The lowest BCUT2D eigenvalue weighted by Crippen LogP contribution is -2.34. The van der Waals surface area contributed by atoms with E-state index in [9.17, 15) is 18.8 Å². The van der Waals surface area contributed by atoms with Crippen molar-refractivity contribution in [3.8, 4) is 0 Å². The second-order valence-corrected chi connectivity index (χ2v) is 8.17. The maximum Gasteiger partial charge on any atom is 0.263 e. The minimum atomic E-state index is -0.630. The summed E-state index contributed by atoms with van der Waals surface area (Å²) in [5.74, 6) is -1.73. The molecule has 1 atom stereocenters. The van der Waals surface area contributed by atoms with Crippen LogP contribution < -0.4 is 21.3 Å². The molecule has 1 aliphatic rings. The van der Waals surface area contributed by atoms with Gasteiger partial charge in [-0.1, -0.05) is 6.58 Å². The van der Waals surface area contributed by atoms with Crippen molar-refractivity contribution < 1.29 is 18.8 Å². The standard InChI is InChI=1S/C22H19FN4O3S/c1-3-18(28)27-16-9-13(5-6-15(16)23)26-21(29)12-4-7-17-14(8-12)19-20(31-17)22(30)25-11(2)10-24-19/h3-9,11,24H,1,10H2,2H3,(H,25,30)(H,26,29)(H,27,28). The van der Waals surface area contributed by atoms with Gasteiger partial charge in [0.25, 0.3) is 11.8 Å². The summed E-state index contributed by atoms with van der Waals surface area (Å²) in [5, 5.41) is 12.1. The molecule has 0 saturated heterocycles. The van der Waals surface area contributed by atoms with Gasteiger partial charge in [0.05, 0.1) is 11.4 Å². The van der Waals surface area contributed by atoms with Crippen LogP contribution in [0.25, 0.3) is 10.1 Å². The quantitative estimate of drug-likeness (QED) is 0.464. The summed E-state index contributed by atoms with van der Waals surface area (Å²) >= 11 is 1.36. The molecule has 4 N–H and O–H groups in total. The third kappa shape index (κ3) is 4.13. The molecule has 0 bridgehead atoms. The van der Waals surface area contributed by atoms with Gasteiger partial charge in [-0.15, -0.1) is 11.3 Å². The minimum absolute atomic E-state index is 0.0112. The highest BCUT2D eigenvalue weighted by Gasteiger charge is 2.24. The van der Waals surface area contributed by atoms with Crippen LogP contribution in [0.1, 0.15) is 27.0 Å². The maximum atomic E-state index is 13.9. The fraction of sp³-hybridized carbons (Fsp3) is 0.136. The van der Waals surface area contributed by atoms with Crippen molar-refractivity contribution in [3.05, 3.63) is 65.3 Å². The summed E-state index contributed by atoms with van der Waals surface area (Å²) in [7, 11) is 0. The molecule has 2 heterocycles. The third-order valence-electron chi connectivity index (χ3n) is 4.79. The molecule has 31 heavy (non-hydrogen) atoms. The highest BCUT2D eigenvalue weighted by Crippen LogP contribution is 2.37. The zero-order valence-electron chi connectivity index (χ0n) is 16.5. The van der Waals surface area contributed by atoms with Gasteiger partial charge in [0, 0.05) is 33.9 Å². The molecule has 3 amide bonds. The first-order valence-corrected chi connectivity index (χ1v) is 10.3. The van der Waals surface area contributed by atoms with Gasteiger partial charge in [0.2, 0.25) is 5.91 Å². The van der Waals surface area contributed by atoms with Crippen molar-refractivity contribution in [2.24, 2.45) is 0 Å². The Kier molecular flexibility index (Phi) is 5.43. The van der Waals surface area contributed by atoms with Crippen LogP contribution in [0.5, 0.6) is 0 Å². The molecule has 1 unspecified atom stereocenters. The Labute approximate surface area is 181 Å². The van der Waals surface area contributed by atoms with Gasteiger partial charge in [-0.25, -0.2) is 4.39 Å². The molecule has 4 rings (SSSR count). The summed E-state index contributed by atoms with van der Waals surface area (Å²) < 4.78 is 14.8. The Morgan fingerprint density at radius 2 is 2.03 bits per heavy atom. The number of fused-ring (bicyclic) bond motifs is 3. The molecule has 7 nitrogen and oxygen atoms in total. The molecule has 2 aromatic carbocycles. The lowest BCUT2D eigenvalue weighted by Gasteiger charge is -2.10. The molecule has 3 aromatic rings. The second kappa shape index (κ2) is 8.19. The average Bonchev–Trinajstić information content (AvgIpc) is 3.05. The van der Waals surface area contributed by atoms with Crippen molar-refractivity contribution in [1.29, 1.82) is 0 Å². The van der Waals surface area contributed by atoms with E-state index in [0.717, 1.165) is 22.2 Å². The lowest BCUT2D eigenvalue weighted by atomic mass is 10.1. The number of carbonyl (C=O) groups excluding carboxylic acids is 3. The number of rotatable bonds is 4. The first-order chi connectivity index (χ1) is 14.9. The van der Waals surface area contributed by atoms with E-state index in [4.69, 9.17) is 0 Å². The van der Waals surface area contributed by atoms with Crippen LogP contribution in [-0.4, -0.2) is 30.3 Å². The fourth-order valence-electron chi connectivity index (χ4n) is 3.26. The number of carbonyl (C=O) groups is 3. The van der Waals surface area contributed by atoms with Crippen molar-refractivity contribution >= 4 is 56.2 Å². The minimum Gasteiger partial charge on any atom is -0.381 e. The molecule has 0 fully saturated rings. The van der Waals surface area contributed by atoms with Crippen LogP contribution in [0.15, 0.2) is 49.1 Å². The Morgan fingerprint density at radius 3 is 2.81 bits per heavy atom. The molecule has 1 aliphatic heterocycles. The number of hydrogen-bond donors (Lipinski definition) is 4. The molecule has 158 valence electrons. The van der Waals surface area contributed by atoms with Gasteiger partial charge >= 0.3 is 0 Å². The van der Waals surface area contributed by atoms with E-state index >= 15 is 0 Å². The van der Waals surface area contributed by atoms with Gasteiger partial charge in [-0.3, -0.25) is 14.4 Å². The largest absolute Gasteiger partial charge is 0.381 e. The van der Waals surface area contributed by atoms with E-state index < -0.39 is 17.6 Å². The first-order valence-electron chi connectivity index (χ1n) is 9.51. The Hall–Kier alpha value is -3.72. The van der Waals surface area contributed by atoms with Crippen LogP contribution >= 0.6 is 11.3 Å². The average molecular weight is 438 g/mol. The Morgan fingerprint density at radius 1 is 1.23 bits per heavy atom. The molecule has 0 radical (unpaired) electrons. The van der Waals surface area contributed by atoms with Crippen LogP contribution in [0.4, 0.5) is 21.5 Å². The predicted octanol–water partition coefficient (Wildman–Crippen LogP) is 3.96. The number of halogens is 1. The van der Waals surface area contributed by atoms with E-state index in [1.165, 1.54) is 23.5 Å². The van der Waals surface area contributed by atoms with Gasteiger partial charge in [-0.2, -0.15) is 0 Å². The monoisotopic (exact) mass is 438 g/mol. The number of thiophene rings is 1. The summed E-state index contributed by atoms with van der Waals surface area (Å²) in [4.78, 5) is 37.3. The third-order valence-corrected chi connectivity index (χ3v) is 5.96. The fourth-order valence-corrected chi connectivity index (χ4v) is 4.32. The summed E-state index contributed by atoms with van der Waals surface area (Å²) in [6.07, 6.45) is 1.03. The highest BCUT2D eigenvalue weighted by molar-refractivity contribution is 7.21. The smallest absolute Gasteiger partial charge is 0.263 e. The summed E-state index contributed by atoms with van der Waals surface area (Å²) in [5.41, 5.74) is 1.35. The van der Waals surface area contributed by atoms with Gasteiger partial charge in [-0.05, 0) is 49.4 Å². The number of nitrogens with one attached hydrogen (secondary N) is 4. The maximum absolute atomic E-state index is 13.9. The number of anilines is 3. The predicted molar refractivity (Wildman–Crippen MR) is 120 cm³/mol. The van der Waals surface area contributed by atoms with Crippen LogP contribution in [-0.2, 0) is 4.79 Å². The van der Waals surface area contributed by atoms with Gasteiger partial charge in [0.15, 0.2) is 0 Å². The van der Waals surface area contributed by atoms with E-state index in [-0.39, 0.29) is 17.6 Å². The normalized spacial score (nSPS) is 15.3. The van der Waals surface area contributed by atoms with Gasteiger partial charge in [0.1, 0.15) is 10.7 Å². The van der Waals surface area contributed by atoms with Crippen molar-refractivity contribution in [2.45, 2.75) is 13.0 Å². The van der Waals surface area contributed by atoms with Gasteiger partial charge < -0.3 is 21.3 Å². The molecule has 0 aliphatic carbocycles. The zero-order chi connectivity index (χ0) is 22.1. The topological polar surface area (TPSA) is 99.3 Å². The van der Waals surface area contributed by atoms with Crippen LogP contribution in [0, 0.1) is 5.82 Å². The number of benzene rings is 2. The highest BCUT2D eigenvalue weighted by atomic mass is 32.1. The van der Waals surface area contributed by atoms with Crippen molar-refractivity contribution in [1.82, 2.24) is 5.32 Å². The first kappa shape index (κ1) is 20.5. The van der Waals surface area contributed by atoms with Crippen molar-refractivity contribution in [3.63, 3.8) is 0 Å². The van der Waals surface area contributed by atoms with E-state index in [1.54, 1.807) is 18.2 Å². The van der Waals surface area contributed by atoms with Crippen LogP contribution in [0.3, 0.4) is 0 Å². The van der Waals surface area contributed by atoms with Crippen molar-refractivity contribution in [2.75, 3.05) is 22.5 Å². The molecule has 0 saturated carbocycles. The van der Waals surface area contributed by atoms with E-state index in [1.807, 2.05) is 6.92 Å². The SMILES string of the molecule is C=CC(=O)Nc1cc(NC(=O)c2ccc3sc4c(c3c2)NCC(C)NC4=O)ccc1F. The Bertz CT molecular complexity index is 1240. The van der Waals surface area contributed by atoms with Crippen LogP contribution in [0.2, 0.25) is 0 Å². The molecule has 1 aromatic heterocycles. The van der Waals surface area contributed by atoms with E-state index in [2.05, 4.69) is 27.8 Å². The molecule has 0 spiro atoms. The summed E-state index contributed by atoms with van der Waals surface area (Å²) in [6.45, 7) is 5.82.